The molecule has 2 heterocycles. The van der Waals surface area contributed by atoms with Crippen molar-refractivity contribution in [3.63, 3.8) is 0 Å². The number of benzene rings is 1. The zero-order chi connectivity index (χ0) is 23.5. The van der Waals surface area contributed by atoms with Gasteiger partial charge in [-0.3, -0.25) is 14.2 Å². The van der Waals surface area contributed by atoms with Crippen molar-refractivity contribution >= 4 is 32.9 Å². The topological polar surface area (TPSA) is 131 Å². The predicted molar refractivity (Wildman–Crippen MR) is 105 cm³/mol. The van der Waals surface area contributed by atoms with Crippen molar-refractivity contribution in [2.24, 2.45) is 0 Å². The number of sulfonamides is 1. The first-order valence-corrected chi connectivity index (χ1v) is 11.1. The lowest BCUT2D eigenvalue weighted by molar-refractivity contribution is -0.138. The van der Waals surface area contributed by atoms with Gasteiger partial charge in [0.25, 0.3) is 0 Å². The summed E-state index contributed by atoms with van der Waals surface area (Å²) in [6.45, 7) is -1.44. The van der Waals surface area contributed by atoms with Crippen LogP contribution in [0.25, 0.3) is 11.1 Å². The van der Waals surface area contributed by atoms with E-state index in [4.69, 9.17) is 4.42 Å². The van der Waals surface area contributed by atoms with E-state index in [2.05, 4.69) is 5.32 Å². The molecule has 2 aromatic rings. The average Bonchev–Trinajstić information content (AvgIpc) is 3.36. The number of aryl methyl sites for hydroxylation is 1. The molecule has 2 N–H and O–H groups in total. The molecule has 1 aliphatic rings. The second-order valence-corrected chi connectivity index (χ2v) is 9.12. The van der Waals surface area contributed by atoms with Gasteiger partial charge >= 0.3 is 11.9 Å². The summed E-state index contributed by atoms with van der Waals surface area (Å²) in [5, 5.41) is 3.78. The number of halogens is 3. The largest absolute Gasteiger partial charge is 0.419 e. The van der Waals surface area contributed by atoms with Crippen LogP contribution in [-0.2, 0) is 26.2 Å². The number of alkyl halides is 3. The molecule has 32 heavy (non-hydrogen) atoms. The van der Waals surface area contributed by atoms with E-state index < -0.39 is 46.9 Å². The molecule has 1 saturated heterocycles. The maximum absolute atomic E-state index is 12.7. The summed E-state index contributed by atoms with van der Waals surface area (Å²) in [4.78, 5) is 35.3. The highest BCUT2D eigenvalue weighted by Gasteiger charge is 2.28. The van der Waals surface area contributed by atoms with Gasteiger partial charge in [0.05, 0.1) is 17.0 Å². The molecule has 0 saturated carbocycles. The maximum Gasteiger partial charge on any atom is 0.419 e. The zero-order valence-corrected chi connectivity index (χ0v) is 17.6. The fourth-order valence-corrected chi connectivity index (χ4v) is 4.77. The van der Waals surface area contributed by atoms with Crippen molar-refractivity contribution in [3.05, 3.63) is 28.7 Å². The van der Waals surface area contributed by atoms with Gasteiger partial charge in [0.2, 0.25) is 21.8 Å². The second-order valence-electron chi connectivity index (χ2n) is 7.18. The van der Waals surface area contributed by atoms with Gasteiger partial charge in [-0.25, -0.2) is 13.2 Å². The molecule has 1 aromatic carbocycles. The average molecular weight is 478 g/mol. The Hall–Kier alpha value is -2.87. The van der Waals surface area contributed by atoms with Crippen LogP contribution in [0.2, 0.25) is 0 Å². The molecule has 1 aromatic heterocycles. The Labute approximate surface area is 180 Å². The normalized spacial score (nSPS) is 15.2. The standard InChI is InChI=1S/C18H21F3N4O6S/c19-18(20,21)11-23-16(27)10-22-15(26)5-8-25-13-4-3-12(9-14(13)31-17(25)28)32(29,30)24-6-1-2-7-24/h3-4,9H,1-2,5-8,10-11H2,(H,22,26)(H,23,27). The number of nitrogens with one attached hydrogen (secondary N) is 2. The lowest BCUT2D eigenvalue weighted by Gasteiger charge is -2.15. The number of hydrogen-bond acceptors (Lipinski definition) is 6. The van der Waals surface area contributed by atoms with Crippen LogP contribution in [-0.4, -0.2) is 61.5 Å². The summed E-state index contributed by atoms with van der Waals surface area (Å²) < 4.78 is 69.1. The quantitative estimate of drug-likeness (QED) is 0.570. The lowest BCUT2D eigenvalue weighted by Crippen LogP contribution is -2.41. The van der Waals surface area contributed by atoms with Gasteiger partial charge in [-0.1, -0.05) is 0 Å². The first-order chi connectivity index (χ1) is 15.0. The van der Waals surface area contributed by atoms with Crippen LogP contribution in [0.5, 0.6) is 0 Å². The summed E-state index contributed by atoms with van der Waals surface area (Å²) >= 11 is 0. The molecular formula is C18H21F3N4O6S. The molecule has 14 heteroatoms. The van der Waals surface area contributed by atoms with E-state index in [1.807, 2.05) is 0 Å². The third kappa shape index (κ3) is 5.68. The summed E-state index contributed by atoms with van der Waals surface area (Å²) in [5.74, 6) is -2.47. The SMILES string of the molecule is O=C(CCn1c(=O)oc2cc(S(=O)(=O)N3CCCC3)ccc21)NCC(=O)NCC(F)(F)F. The molecule has 0 unspecified atom stereocenters. The summed E-state index contributed by atoms with van der Waals surface area (Å²) in [6, 6.07) is 4.02. The molecule has 0 aliphatic carbocycles. The molecule has 0 radical (unpaired) electrons. The predicted octanol–water partition coefficient (Wildman–Crippen LogP) is 0.564. The van der Waals surface area contributed by atoms with Gasteiger partial charge in [0.1, 0.15) is 6.54 Å². The van der Waals surface area contributed by atoms with E-state index in [9.17, 15) is 36.0 Å². The van der Waals surface area contributed by atoms with Gasteiger partial charge in [-0.05, 0) is 25.0 Å². The molecule has 2 amide bonds. The first kappa shape index (κ1) is 23.8. The van der Waals surface area contributed by atoms with Gasteiger partial charge in [0, 0.05) is 32.1 Å². The van der Waals surface area contributed by atoms with Crippen molar-refractivity contribution < 1.29 is 35.6 Å². The van der Waals surface area contributed by atoms with Gasteiger partial charge in [-0.2, -0.15) is 17.5 Å². The van der Waals surface area contributed by atoms with Crippen molar-refractivity contribution in [2.75, 3.05) is 26.2 Å². The zero-order valence-electron chi connectivity index (χ0n) is 16.8. The molecule has 176 valence electrons. The molecule has 0 bridgehead atoms. The van der Waals surface area contributed by atoms with E-state index in [1.54, 1.807) is 5.32 Å². The molecular weight excluding hydrogens is 457 g/mol. The van der Waals surface area contributed by atoms with Crippen molar-refractivity contribution in [1.29, 1.82) is 0 Å². The lowest BCUT2D eigenvalue weighted by atomic mass is 10.3. The van der Waals surface area contributed by atoms with Gasteiger partial charge in [-0.15, -0.1) is 0 Å². The highest BCUT2D eigenvalue weighted by Crippen LogP contribution is 2.24. The third-order valence-electron chi connectivity index (χ3n) is 4.84. The van der Waals surface area contributed by atoms with E-state index in [0.29, 0.717) is 13.1 Å². The number of hydrogen-bond donors (Lipinski definition) is 2. The Kier molecular flexibility index (Phi) is 6.93. The van der Waals surface area contributed by atoms with Crippen LogP contribution in [0.4, 0.5) is 13.2 Å². The highest BCUT2D eigenvalue weighted by atomic mass is 32.2. The minimum Gasteiger partial charge on any atom is -0.408 e. The third-order valence-corrected chi connectivity index (χ3v) is 6.73. The number of rotatable bonds is 8. The summed E-state index contributed by atoms with van der Waals surface area (Å²) in [6.07, 6.45) is -3.26. The van der Waals surface area contributed by atoms with E-state index >= 15 is 0 Å². The van der Waals surface area contributed by atoms with Crippen LogP contribution in [0.3, 0.4) is 0 Å². The number of amides is 2. The summed E-state index contributed by atoms with van der Waals surface area (Å²) in [5.41, 5.74) is 0.327. The van der Waals surface area contributed by atoms with Gasteiger partial charge < -0.3 is 15.1 Å². The number of carbonyl (C=O) groups is 2. The Bertz CT molecular complexity index is 1170. The first-order valence-electron chi connectivity index (χ1n) is 9.71. The number of oxazole rings is 1. The van der Waals surface area contributed by atoms with Crippen LogP contribution < -0.4 is 16.4 Å². The number of nitrogens with zero attached hydrogens (tertiary/aromatic N) is 2. The number of aromatic nitrogens is 1. The minimum absolute atomic E-state index is 0.00425. The number of carbonyl (C=O) groups excluding carboxylic acids is 2. The minimum atomic E-state index is -4.56. The highest BCUT2D eigenvalue weighted by molar-refractivity contribution is 7.89. The van der Waals surface area contributed by atoms with E-state index in [1.165, 1.54) is 22.5 Å². The smallest absolute Gasteiger partial charge is 0.408 e. The Morgan fingerprint density at radius 2 is 1.78 bits per heavy atom. The molecule has 1 aliphatic heterocycles. The van der Waals surface area contributed by atoms with Crippen molar-refractivity contribution in [2.45, 2.75) is 36.9 Å². The second kappa shape index (κ2) is 9.32. The monoisotopic (exact) mass is 478 g/mol. The molecule has 1 fully saturated rings. The fourth-order valence-electron chi connectivity index (χ4n) is 3.24. The van der Waals surface area contributed by atoms with Crippen LogP contribution in [0.15, 0.2) is 32.3 Å². The number of fused-ring (bicyclic) bond motifs is 1. The Morgan fingerprint density at radius 3 is 2.44 bits per heavy atom. The maximum atomic E-state index is 12.7. The molecule has 10 nitrogen and oxygen atoms in total. The summed E-state index contributed by atoms with van der Waals surface area (Å²) in [7, 11) is -3.70. The fraction of sp³-hybridized carbons (Fsp3) is 0.500. The van der Waals surface area contributed by atoms with Crippen LogP contribution in [0.1, 0.15) is 19.3 Å². The van der Waals surface area contributed by atoms with Crippen molar-refractivity contribution in [1.82, 2.24) is 19.5 Å². The molecule has 3 rings (SSSR count). The van der Waals surface area contributed by atoms with Crippen molar-refractivity contribution in [3.8, 4) is 0 Å². The Morgan fingerprint density at radius 1 is 1.09 bits per heavy atom. The van der Waals surface area contributed by atoms with E-state index in [-0.39, 0.29) is 29.0 Å². The van der Waals surface area contributed by atoms with Crippen LogP contribution >= 0.6 is 0 Å². The molecule has 0 atom stereocenters. The van der Waals surface area contributed by atoms with Crippen LogP contribution in [0, 0.1) is 0 Å². The van der Waals surface area contributed by atoms with Gasteiger partial charge in [0.15, 0.2) is 5.58 Å². The van der Waals surface area contributed by atoms with E-state index in [0.717, 1.165) is 17.4 Å². The Balaban J connectivity index is 1.62. The molecule has 0 spiro atoms.